The number of carbonyl (C=O) groups excluding carboxylic acids is 1. The van der Waals surface area contributed by atoms with E-state index in [1.165, 1.54) is 6.33 Å². The minimum atomic E-state index is -0.544. The van der Waals surface area contributed by atoms with Gasteiger partial charge in [-0.15, -0.1) is 0 Å². The number of aromatic nitrogens is 3. The third-order valence-corrected chi connectivity index (χ3v) is 7.42. The van der Waals surface area contributed by atoms with Crippen LogP contribution in [-0.4, -0.2) is 38.2 Å². The van der Waals surface area contributed by atoms with Crippen LogP contribution < -0.4 is 10.6 Å². The Morgan fingerprint density at radius 2 is 1.56 bits per heavy atom. The normalized spacial score (nSPS) is 18.9. The number of amides is 2. The van der Waals surface area contributed by atoms with Gasteiger partial charge < -0.3 is 25.2 Å². The molecule has 0 bridgehead atoms. The van der Waals surface area contributed by atoms with Crippen molar-refractivity contribution in [2.24, 2.45) is 0 Å². The van der Waals surface area contributed by atoms with E-state index in [-0.39, 0.29) is 24.8 Å². The second-order valence-corrected chi connectivity index (χ2v) is 10.2. The van der Waals surface area contributed by atoms with Crippen molar-refractivity contribution < 1.29 is 19.4 Å². The highest BCUT2D eigenvalue weighted by molar-refractivity contribution is 7.99. The molecule has 39 heavy (non-hydrogen) atoms. The van der Waals surface area contributed by atoms with Crippen molar-refractivity contribution in [1.82, 2.24) is 25.8 Å². The van der Waals surface area contributed by atoms with Crippen LogP contribution in [0.4, 0.5) is 4.79 Å². The molecule has 0 unspecified atom stereocenters. The summed E-state index contributed by atoms with van der Waals surface area (Å²) in [5, 5.41) is 22.7. The monoisotopic (exact) mass is 545 g/mol. The largest absolute Gasteiger partial charge is 0.392 e. The quantitative estimate of drug-likeness (QED) is 0.214. The third kappa shape index (κ3) is 7.67. The van der Waals surface area contributed by atoms with E-state index < -0.39 is 6.29 Å². The topological polar surface area (TPSA) is 121 Å². The fraction of sp³-hybridized carbons (Fsp3) is 0.276. The van der Waals surface area contributed by atoms with E-state index in [9.17, 15) is 9.90 Å². The molecule has 3 atom stereocenters. The van der Waals surface area contributed by atoms with E-state index in [0.717, 1.165) is 33.0 Å². The first-order valence-corrected chi connectivity index (χ1v) is 13.8. The minimum Gasteiger partial charge on any atom is -0.392 e. The molecule has 1 saturated heterocycles. The molecule has 0 aliphatic carbocycles. The average molecular weight is 546 g/mol. The Hall–Kier alpha value is -3.70. The van der Waals surface area contributed by atoms with Crippen molar-refractivity contribution in [2.75, 3.05) is 5.75 Å². The van der Waals surface area contributed by atoms with Gasteiger partial charge in [-0.3, -0.25) is 5.10 Å². The molecule has 5 rings (SSSR count). The van der Waals surface area contributed by atoms with E-state index in [1.807, 2.05) is 78.9 Å². The maximum atomic E-state index is 12.2. The number of carbonyl (C=O) groups is 1. The van der Waals surface area contributed by atoms with Gasteiger partial charge >= 0.3 is 6.03 Å². The van der Waals surface area contributed by atoms with Gasteiger partial charge in [-0.25, -0.2) is 9.78 Å². The molecule has 4 aromatic rings. The number of nitrogens with zero attached hydrogens (tertiary/aromatic N) is 2. The van der Waals surface area contributed by atoms with Crippen LogP contribution in [0.2, 0.25) is 0 Å². The summed E-state index contributed by atoms with van der Waals surface area (Å²) in [5.74, 6) is 0.695. The molecule has 0 saturated carbocycles. The molecule has 1 fully saturated rings. The molecule has 202 valence electrons. The Morgan fingerprint density at radius 3 is 2.23 bits per heavy atom. The minimum absolute atomic E-state index is 0.00385. The Morgan fingerprint density at radius 1 is 0.897 bits per heavy atom. The van der Waals surface area contributed by atoms with E-state index >= 15 is 0 Å². The summed E-state index contributed by atoms with van der Waals surface area (Å²) in [5.41, 5.74) is 4.82. The maximum Gasteiger partial charge on any atom is 0.315 e. The van der Waals surface area contributed by atoms with Gasteiger partial charge in [0, 0.05) is 30.8 Å². The summed E-state index contributed by atoms with van der Waals surface area (Å²) < 4.78 is 12.8. The molecular weight excluding hydrogens is 514 g/mol. The number of rotatable bonds is 10. The van der Waals surface area contributed by atoms with Crippen molar-refractivity contribution in [2.45, 2.75) is 49.8 Å². The molecule has 4 N–H and O–H groups in total. The molecular formula is C29H31N5O4S. The predicted molar refractivity (Wildman–Crippen MR) is 147 cm³/mol. The Labute approximate surface area is 231 Å². The summed E-state index contributed by atoms with van der Waals surface area (Å²) in [7, 11) is 0. The van der Waals surface area contributed by atoms with Crippen LogP contribution >= 0.6 is 11.8 Å². The number of H-pyrrole nitrogens is 1. The molecule has 2 heterocycles. The molecule has 1 aliphatic heterocycles. The van der Waals surface area contributed by atoms with Crippen molar-refractivity contribution in [3.8, 4) is 0 Å². The molecule has 1 aliphatic rings. The number of ether oxygens (including phenoxy) is 2. The zero-order valence-electron chi connectivity index (χ0n) is 21.3. The number of aliphatic hydroxyl groups is 1. The molecule has 0 spiro atoms. The van der Waals surface area contributed by atoms with Gasteiger partial charge in [-0.2, -0.15) is 5.10 Å². The number of urea groups is 1. The highest BCUT2D eigenvalue weighted by Crippen LogP contribution is 2.39. The lowest BCUT2D eigenvalue weighted by Gasteiger charge is -2.36. The van der Waals surface area contributed by atoms with Crippen LogP contribution in [0.15, 0.2) is 90.3 Å². The lowest BCUT2D eigenvalue weighted by molar-refractivity contribution is -0.245. The van der Waals surface area contributed by atoms with E-state index in [4.69, 9.17) is 9.47 Å². The van der Waals surface area contributed by atoms with Crippen LogP contribution in [0.3, 0.4) is 0 Å². The fourth-order valence-electron chi connectivity index (χ4n) is 4.27. The first kappa shape index (κ1) is 26.9. The SMILES string of the molecule is O=C(NCc1ccccc1)NCc1ccc([C@H]2O[C@@H](CSc3ncn[nH]3)C[C@@H](c3ccc(CO)cc3)O2)cc1. The van der Waals surface area contributed by atoms with Gasteiger partial charge in [-0.1, -0.05) is 90.6 Å². The second kappa shape index (κ2) is 13.4. The standard InChI is InChI=1S/C29H31N5O4S/c35-17-22-8-10-23(11-9-22)26-14-25(18-39-29-32-19-33-34-29)37-27(38-26)24-12-6-21(7-13-24)16-31-28(36)30-15-20-4-2-1-3-5-20/h1-13,19,25-27,35H,14-18H2,(H2,30,31,36)(H,32,33,34)/t25-,26+,27+/m1/s1. The Bertz CT molecular complexity index is 1300. The van der Waals surface area contributed by atoms with Crippen molar-refractivity contribution in [3.63, 3.8) is 0 Å². The van der Waals surface area contributed by atoms with Gasteiger partial charge in [0.15, 0.2) is 11.4 Å². The zero-order chi connectivity index (χ0) is 26.9. The average Bonchev–Trinajstić information content (AvgIpc) is 3.52. The van der Waals surface area contributed by atoms with E-state index in [1.54, 1.807) is 11.8 Å². The smallest absolute Gasteiger partial charge is 0.315 e. The number of nitrogens with one attached hydrogen (secondary N) is 3. The molecule has 3 aromatic carbocycles. The first-order chi connectivity index (χ1) is 19.2. The second-order valence-electron chi connectivity index (χ2n) is 9.22. The number of aliphatic hydroxyl groups excluding tert-OH is 1. The summed E-state index contributed by atoms with van der Waals surface area (Å²) in [4.78, 5) is 16.4. The molecule has 1 aromatic heterocycles. The van der Waals surface area contributed by atoms with Gasteiger partial charge in [0.25, 0.3) is 0 Å². The highest BCUT2D eigenvalue weighted by Gasteiger charge is 2.32. The van der Waals surface area contributed by atoms with Gasteiger partial charge in [0.05, 0.1) is 18.8 Å². The summed E-state index contributed by atoms with van der Waals surface area (Å²) in [6.45, 7) is 0.884. The lowest BCUT2D eigenvalue weighted by Crippen LogP contribution is -2.34. The maximum absolute atomic E-state index is 12.2. The fourth-order valence-corrected chi connectivity index (χ4v) is 5.07. The van der Waals surface area contributed by atoms with Gasteiger partial charge in [0.2, 0.25) is 0 Å². The first-order valence-electron chi connectivity index (χ1n) is 12.8. The predicted octanol–water partition coefficient (Wildman–Crippen LogP) is 4.63. The number of thioether (sulfide) groups is 1. The van der Waals surface area contributed by atoms with Gasteiger partial charge in [-0.05, 0) is 22.3 Å². The number of hydrogen-bond donors (Lipinski definition) is 4. The Kier molecular flexibility index (Phi) is 9.23. The summed E-state index contributed by atoms with van der Waals surface area (Å²) in [6, 6.07) is 25.3. The lowest BCUT2D eigenvalue weighted by atomic mass is 10.0. The van der Waals surface area contributed by atoms with Crippen molar-refractivity contribution in [1.29, 1.82) is 0 Å². The van der Waals surface area contributed by atoms with E-state index in [0.29, 0.717) is 25.3 Å². The van der Waals surface area contributed by atoms with Crippen LogP contribution in [0.5, 0.6) is 0 Å². The summed E-state index contributed by atoms with van der Waals surface area (Å²) >= 11 is 1.56. The molecule has 2 amide bonds. The number of hydrogen-bond acceptors (Lipinski definition) is 7. The molecule has 0 radical (unpaired) electrons. The van der Waals surface area contributed by atoms with Gasteiger partial charge in [0.1, 0.15) is 6.33 Å². The number of aromatic amines is 1. The van der Waals surface area contributed by atoms with Crippen molar-refractivity contribution in [3.05, 3.63) is 113 Å². The van der Waals surface area contributed by atoms with Crippen LogP contribution in [0.1, 0.15) is 46.6 Å². The molecule has 10 heteroatoms. The summed E-state index contributed by atoms with van der Waals surface area (Å²) in [6.07, 6.45) is 1.40. The number of benzene rings is 3. The zero-order valence-corrected chi connectivity index (χ0v) is 22.1. The molecule has 9 nitrogen and oxygen atoms in total. The third-order valence-electron chi connectivity index (χ3n) is 6.41. The highest BCUT2D eigenvalue weighted by atomic mass is 32.2. The van der Waals surface area contributed by atoms with Crippen molar-refractivity contribution >= 4 is 17.8 Å². The van der Waals surface area contributed by atoms with E-state index in [2.05, 4.69) is 25.8 Å². The van der Waals surface area contributed by atoms with Crippen LogP contribution in [0, 0.1) is 0 Å². The van der Waals surface area contributed by atoms with Crippen LogP contribution in [-0.2, 0) is 29.2 Å². The van der Waals surface area contributed by atoms with Crippen LogP contribution in [0.25, 0.3) is 0 Å². The Balaban J connectivity index is 1.20.